The van der Waals surface area contributed by atoms with Crippen LogP contribution in [0.5, 0.6) is 0 Å². The van der Waals surface area contributed by atoms with E-state index < -0.39 is 0 Å². The summed E-state index contributed by atoms with van der Waals surface area (Å²) >= 11 is 1.57. The summed E-state index contributed by atoms with van der Waals surface area (Å²) < 4.78 is 3.24. The lowest BCUT2D eigenvalue weighted by Crippen LogP contribution is -2.18. The van der Waals surface area contributed by atoms with Gasteiger partial charge in [0.15, 0.2) is 4.80 Å². The van der Waals surface area contributed by atoms with Crippen molar-refractivity contribution in [1.29, 1.82) is 0 Å². The van der Waals surface area contributed by atoms with Crippen molar-refractivity contribution in [1.82, 2.24) is 4.57 Å². The first-order valence-electron chi connectivity index (χ1n) is 6.74. The fourth-order valence-corrected chi connectivity index (χ4v) is 3.42. The number of fused-ring (bicyclic) bond motifs is 1. The predicted molar refractivity (Wildman–Crippen MR) is 84.9 cm³/mol. The van der Waals surface area contributed by atoms with E-state index in [-0.39, 0.29) is 11.8 Å². The molecule has 0 N–H and O–H groups in total. The minimum Gasteiger partial charge on any atom is -0.312 e. The number of rotatable bonds is 3. The summed E-state index contributed by atoms with van der Waals surface area (Å²) in [4.78, 5) is 16.9. The number of carbonyl (C=O) groups excluding carboxylic acids is 1. The summed E-state index contributed by atoms with van der Waals surface area (Å²) in [7, 11) is 0. The van der Waals surface area contributed by atoms with Crippen LogP contribution in [0.4, 0.5) is 0 Å². The third-order valence-electron chi connectivity index (χ3n) is 3.12. The molecule has 0 fully saturated rings. The van der Waals surface area contributed by atoms with Gasteiger partial charge in [-0.25, -0.2) is 0 Å². The van der Waals surface area contributed by atoms with Crippen molar-refractivity contribution >= 4 is 27.5 Å². The van der Waals surface area contributed by atoms with Crippen LogP contribution in [0.25, 0.3) is 10.2 Å². The highest BCUT2D eigenvalue weighted by molar-refractivity contribution is 7.16. The highest BCUT2D eigenvalue weighted by atomic mass is 32.1. The molecule has 2 rings (SSSR count). The van der Waals surface area contributed by atoms with Gasteiger partial charge in [-0.1, -0.05) is 37.3 Å². The molecule has 1 amide bonds. The first-order valence-corrected chi connectivity index (χ1v) is 7.55. The number of aryl methyl sites for hydroxylation is 2. The first kappa shape index (κ1) is 14.7. The van der Waals surface area contributed by atoms with Gasteiger partial charge < -0.3 is 4.57 Å². The van der Waals surface area contributed by atoms with Crippen molar-refractivity contribution in [2.24, 2.45) is 10.9 Å². The molecule has 0 bridgehead atoms. The van der Waals surface area contributed by atoms with Crippen molar-refractivity contribution in [2.45, 2.75) is 34.2 Å². The van der Waals surface area contributed by atoms with E-state index in [1.165, 1.54) is 15.8 Å². The second-order valence-corrected chi connectivity index (χ2v) is 6.33. The molecular formula is C16H20N2OS. The van der Waals surface area contributed by atoms with E-state index >= 15 is 0 Å². The molecular weight excluding hydrogens is 268 g/mol. The Labute approximate surface area is 123 Å². The van der Waals surface area contributed by atoms with E-state index in [2.05, 4.69) is 42.1 Å². The number of aromatic nitrogens is 1. The van der Waals surface area contributed by atoms with E-state index in [9.17, 15) is 4.79 Å². The maximum absolute atomic E-state index is 11.9. The van der Waals surface area contributed by atoms with E-state index in [4.69, 9.17) is 0 Å². The zero-order valence-electron chi connectivity index (χ0n) is 12.4. The molecule has 0 aliphatic rings. The van der Waals surface area contributed by atoms with Crippen LogP contribution < -0.4 is 4.80 Å². The molecule has 2 aromatic rings. The second-order valence-electron chi connectivity index (χ2n) is 5.32. The Morgan fingerprint density at radius 3 is 2.75 bits per heavy atom. The Hall–Kier alpha value is -1.68. The highest BCUT2D eigenvalue weighted by Crippen LogP contribution is 2.23. The lowest BCUT2D eigenvalue weighted by molar-refractivity contribution is -0.120. The number of carbonyl (C=O) groups is 1. The molecule has 1 heterocycles. The molecule has 0 unspecified atom stereocenters. The van der Waals surface area contributed by atoms with Crippen molar-refractivity contribution in [3.63, 3.8) is 0 Å². The van der Waals surface area contributed by atoms with E-state index in [1.54, 1.807) is 11.3 Å². The summed E-state index contributed by atoms with van der Waals surface area (Å²) in [6, 6.07) is 4.30. The summed E-state index contributed by atoms with van der Waals surface area (Å²) in [6.45, 7) is 12.4. The van der Waals surface area contributed by atoms with Crippen LogP contribution >= 0.6 is 11.3 Å². The molecule has 0 saturated carbocycles. The zero-order chi connectivity index (χ0) is 14.9. The van der Waals surface area contributed by atoms with Gasteiger partial charge in [0, 0.05) is 12.5 Å². The van der Waals surface area contributed by atoms with Gasteiger partial charge in [0.05, 0.1) is 10.2 Å². The number of benzene rings is 1. The van der Waals surface area contributed by atoms with Crippen LogP contribution in [-0.2, 0) is 11.3 Å². The van der Waals surface area contributed by atoms with Crippen LogP contribution in [0.3, 0.4) is 0 Å². The van der Waals surface area contributed by atoms with Gasteiger partial charge in [-0.05, 0) is 31.0 Å². The Balaban J connectivity index is 2.78. The van der Waals surface area contributed by atoms with E-state index in [1.807, 2.05) is 19.9 Å². The lowest BCUT2D eigenvalue weighted by Gasteiger charge is -2.05. The number of thiazole rings is 1. The third kappa shape index (κ3) is 2.75. The standard InChI is InChI=1S/C16H20N2OS/c1-6-7-18-14-12(5)8-11(4)9-13(14)20-16(18)17-15(19)10(2)3/h6,8-10H,1,7H2,2-5H3. The summed E-state index contributed by atoms with van der Waals surface area (Å²) in [5.41, 5.74) is 3.58. The average molecular weight is 288 g/mol. The number of hydrogen-bond donors (Lipinski definition) is 0. The Kier molecular flexibility index (Phi) is 4.23. The quantitative estimate of drug-likeness (QED) is 0.795. The van der Waals surface area contributed by atoms with Gasteiger partial charge in [-0.3, -0.25) is 4.79 Å². The minimum atomic E-state index is -0.0831. The van der Waals surface area contributed by atoms with Gasteiger partial charge in [0.2, 0.25) is 0 Å². The Morgan fingerprint density at radius 2 is 2.15 bits per heavy atom. The summed E-state index contributed by atoms with van der Waals surface area (Å²) in [6.07, 6.45) is 1.84. The average Bonchev–Trinajstić information content (AvgIpc) is 2.67. The van der Waals surface area contributed by atoms with Gasteiger partial charge in [0.1, 0.15) is 0 Å². The van der Waals surface area contributed by atoms with Crippen LogP contribution in [0, 0.1) is 19.8 Å². The Morgan fingerprint density at radius 1 is 1.45 bits per heavy atom. The fourth-order valence-electron chi connectivity index (χ4n) is 2.20. The number of amides is 1. The molecule has 3 nitrogen and oxygen atoms in total. The molecule has 0 aliphatic heterocycles. The molecule has 0 aliphatic carbocycles. The van der Waals surface area contributed by atoms with E-state index in [0.29, 0.717) is 6.54 Å². The van der Waals surface area contributed by atoms with Crippen molar-refractivity contribution in [3.05, 3.63) is 40.7 Å². The Bertz CT molecular complexity index is 735. The maximum atomic E-state index is 11.9. The number of hydrogen-bond acceptors (Lipinski definition) is 2. The monoisotopic (exact) mass is 288 g/mol. The number of allylic oxidation sites excluding steroid dienone is 1. The van der Waals surface area contributed by atoms with Gasteiger partial charge in [-0.2, -0.15) is 4.99 Å². The number of nitrogens with zero attached hydrogens (tertiary/aromatic N) is 2. The smallest absolute Gasteiger partial charge is 0.250 e. The lowest BCUT2D eigenvalue weighted by atomic mass is 10.1. The van der Waals surface area contributed by atoms with Crippen LogP contribution in [0.1, 0.15) is 25.0 Å². The molecule has 20 heavy (non-hydrogen) atoms. The van der Waals surface area contributed by atoms with Crippen molar-refractivity contribution in [2.75, 3.05) is 0 Å². The molecule has 0 atom stereocenters. The summed E-state index contributed by atoms with van der Waals surface area (Å²) in [5.74, 6) is -0.163. The zero-order valence-corrected chi connectivity index (χ0v) is 13.3. The molecule has 0 saturated heterocycles. The van der Waals surface area contributed by atoms with Crippen molar-refractivity contribution in [3.8, 4) is 0 Å². The first-order chi connectivity index (χ1) is 9.43. The van der Waals surface area contributed by atoms with Gasteiger partial charge in [-0.15, -0.1) is 6.58 Å². The second kappa shape index (κ2) is 5.75. The van der Waals surface area contributed by atoms with Crippen LogP contribution in [-0.4, -0.2) is 10.5 Å². The normalized spacial score (nSPS) is 12.3. The van der Waals surface area contributed by atoms with Gasteiger partial charge >= 0.3 is 0 Å². The highest BCUT2D eigenvalue weighted by Gasteiger charge is 2.11. The topological polar surface area (TPSA) is 34.4 Å². The third-order valence-corrected chi connectivity index (χ3v) is 4.15. The van der Waals surface area contributed by atoms with Crippen LogP contribution in [0.2, 0.25) is 0 Å². The minimum absolute atomic E-state index is 0.0799. The molecule has 0 radical (unpaired) electrons. The van der Waals surface area contributed by atoms with Gasteiger partial charge in [0.25, 0.3) is 5.91 Å². The summed E-state index contributed by atoms with van der Waals surface area (Å²) in [5, 5.41) is 0. The molecule has 1 aromatic heterocycles. The van der Waals surface area contributed by atoms with Crippen molar-refractivity contribution < 1.29 is 4.79 Å². The maximum Gasteiger partial charge on any atom is 0.250 e. The molecule has 1 aromatic carbocycles. The van der Waals surface area contributed by atoms with Crippen LogP contribution in [0.15, 0.2) is 29.8 Å². The molecule has 106 valence electrons. The predicted octanol–water partition coefficient (Wildman–Crippen LogP) is 3.59. The SMILES string of the molecule is C=CCn1c(=NC(=O)C(C)C)sc2cc(C)cc(C)c21. The van der Waals surface area contributed by atoms with E-state index in [0.717, 1.165) is 10.3 Å². The molecule has 0 spiro atoms. The fraction of sp³-hybridized carbons (Fsp3) is 0.375. The molecule has 4 heteroatoms. The largest absolute Gasteiger partial charge is 0.312 e.